The van der Waals surface area contributed by atoms with E-state index in [1.54, 1.807) is 16.9 Å². The molecule has 4 heterocycles. The van der Waals surface area contributed by atoms with Crippen LogP contribution in [0.4, 0.5) is 5.82 Å². The second-order valence-corrected chi connectivity index (χ2v) is 9.08. The standard InChI is InChI=1S/C25H30N6O2/c1-5-33-20-12-21(23-19(13-26)15-28-31(23)16-20)18-6-7-22(27-14-18)30-10-8-25(4,9-11-30)29-24(32)17(2)3/h6-7,12,14-17H,5,8-11H2,1-4H3,(H,29,32). The SMILES string of the molecule is CCOc1cc(-c2ccc(N3CCC(C)(NC(=O)C(C)C)CC3)nc2)c2c(C#N)cnn2c1. The lowest BCUT2D eigenvalue weighted by molar-refractivity contribution is -0.126. The molecule has 1 aliphatic heterocycles. The number of nitriles is 1. The number of piperidine rings is 1. The molecule has 1 amide bonds. The Hall–Kier alpha value is -3.60. The molecule has 3 aromatic heterocycles. The number of anilines is 1. The molecule has 0 unspecified atom stereocenters. The fourth-order valence-electron chi connectivity index (χ4n) is 4.17. The fourth-order valence-corrected chi connectivity index (χ4v) is 4.17. The van der Waals surface area contributed by atoms with Crippen LogP contribution in [0.5, 0.6) is 5.75 Å². The average molecular weight is 447 g/mol. The lowest BCUT2D eigenvalue weighted by Crippen LogP contribution is -2.54. The molecule has 0 aromatic carbocycles. The molecule has 1 fully saturated rings. The van der Waals surface area contributed by atoms with E-state index in [1.165, 1.54) is 0 Å². The Morgan fingerprint density at radius 2 is 2.06 bits per heavy atom. The van der Waals surface area contributed by atoms with Gasteiger partial charge in [0.15, 0.2) is 0 Å². The first-order valence-electron chi connectivity index (χ1n) is 11.4. The van der Waals surface area contributed by atoms with Gasteiger partial charge in [-0.25, -0.2) is 9.50 Å². The Kier molecular flexibility index (Phi) is 6.23. The van der Waals surface area contributed by atoms with Gasteiger partial charge in [-0.2, -0.15) is 10.4 Å². The highest BCUT2D eigenvalue weighted by atomic mass is 16.5. The van der Waals surface area contributed by atoms with E-state index in [-0.39, 0.29) is 17.4 Å². The number of carbonyl (C=O) groups is 1. The second-order valence-electron chi connectivity index (χ2n) is 9.08. The van der Waals surface area contributed by atoms with E-state index in [0.29, 0.717) is 17.9 Å². The number of fused-ring (bicyclic) bond motifs is 1. The highest BCUT2D eigenvalue weighted by Crippen LogP contribution is 2.32. The largest absolute Gasteiger partial charge is 0.492 e. The van der Waals surface area contributed by atoms with Gasteiger partial charge in [0, 0.05) is 41.9 Å². The van der Waals surface area contributed by atoms with E-state index in [4.69, 9.17) is 9.72 Å². The molecular formula is C25H30N6O2. The molecule has 0 bridgehead atoms. The Labute approximate surface area is 194 Å². The van der Waals surface area contributed by atoms with Crippen LogP contribution in [0.1, 0.15) is 46.1 Å². The zero-order chi connectivity index (χ0) is 23.6. The smallest absolute Gasteiger partial charge is 0.222 e. The van der Waals surface area contributed by atoms with E-state index in [2.05, 4.69) is 28.3 Å². The number of carbonyl (C=O) groups excluding carboxylic acids is 1. The third-order valence-electron chi connectivity index (χ3n) is 6.22. The van der Waals surface area contributed by atoms with Crippen molar-refractivity contribution in [3.05, 3.63) is 42.4 Å². The normalized spacial score (nSPS) is 15.5. The van der Waals surface area contributed by atoms with Crippen molar-refractivity contribution >= 4 is 17.2 Å². The van der Waals surface area contributed by atoms with Crippen LogP contribution < -0.4 is 15.0 Å². The van der Waals surface area contributed by atoms with E-state index >= 15 is 0 Å². The van der Waals surface area contributed by atoms with Gasteiger partial charge < -0.3 is 15.0 Å². The lowest BCUT2D eigenvalue weighted by Gasteiger charge is -2.40. The van der Waals surface area contributed by atoms with E-state index in [0.717, 1.165) is 48.4 Å². The summed E-state index contributed by atoms with van der Waals surface area (Å²) in [6.07, 6.45) is 6.93. The third kappa shape index (κ3) is 4.63. The van der Waals surface area contributed by atoms with Crippen molar-refractivity contribution < 1.29 is 9.53 Å². The average Bonchev–Trinajstić information content (AvgIpc) is 3.22. The molecule has 0 spiro atoms. The maximum Gasteiger partial charge on any atom is 0.222 e. The van der Waals surface area contributed by atoms with Gasteiger partial charge in [-0.05, 0) is 44.9 Å². The first-order chi connectivity index (χ1) is 15.8. The van der Waals surface area contributed by atoms with E-state index < -0.39 is 0 Å². The molecule has 1 aliphatic rings. The van der Waals surface area contributed by atoms with Crippen molar-refractivity contribution in [1.29, 1.82) is 5.26 Å². The Morgan fingerprint density at radius 3 is 2.67 bits per heavy atom. The summed E-state index contributed by atoms with van der Waals surface area (Å²) in [5, 5.41) is 17.0. The summed E-state index contributed by atoms with van der Waals surface area (Å²) in [6, 6.07) is 8.19. The molecule has 1 saturated heterocycles. The number of rotatable bonds is 6. The van der Waals surface area contributed by atoms with Crippen LogP contribution in [0.25, 0.3) is 16.6 Å². The number of nitrogens with one attached hydrogen (secondary N) is 1. The van der Waals surface area contributed by atoms with Crippen LogP contribution in [0.15, 0.2) is 36.8 Å². The third-order valence-corrected chi connectivity index (χ3v) is 6.22. The quantitative estimate of drug-likeness (QED) is 0.619. The maximum absolute atomic E-state index is 12.2. The molecule has 0 atom stereocenters. The number of nitrogens with zero attached hydrogens (tertiary/aromatic N) is 5. The number of hydrogen-bond donors (Lipinski definition) is 1. The van der Waals surface area contributed by atoms with Gasteiger partial charge >= 0.3 is 0 Å². The Morgan fingerprint density at radius 1 is 1.30 bits per heavy atom. The first kappa shape index (κ1) is 22.6. The van der Waals surface area contributed by atoms with Crippen molar-refractivity contribution in [2.75, 3.05) is 24.6 Å². The molecular weight excluding hydrogens is 416 g/mol. The van der Waals surface area contributed by atoms with E-state index in [9.17, 15) is 10.1 Å². The lowest BCUT2D eigenvalue weighted by atomic mass is 9.89. The van der Waals surface area contributed by atoms with Gasteiger partial charge in [-0.1, -0.05) is 13.8 Å². The number of pyridine rings is 2. The molecule has 0 radical (unpaired) electrons. The van der Waals surface area contributed by atoms with Gasteiger partial charge in [0.1, 0.15) is 17.6 Å². The summed E-state index contributed by atoms with van der Waals surface area (Å²) in [7, 11) is 0. The molecule has 0 saturated carbocycles. The summed E-state index contributed by atoms with van der Waals surface area (Å²) < 4.78 is 7.38. The monoisotopic (exact) mass is 446 g/mol. The summed E-state index contributed by atoms with van der Waals surface area (Å²) in [4.78, 5) is 19.1. The maximum atomic E-state index is 12.2. The minimum Gasteiger partial charge on any atom is -0.492 e. The molecule has 0 aliphatic carbocycles. The van der Waals surface area contributed by atoms with Crippen molar-refractivity contribution in [2.45, 2.75) is 46.1 Å². The highest BCUT2D eigenvalue weighted by molar-refractivity contribution is 5.85. The highest BCUT2D eigenvalue weighted by Gasteiger charge is 2.32. The molecule has 1 N–H and O–H groups in total. The fraction of sp³-hybridized carbons (Fsp3) is 0.440. The van der Waals surface area contributed by atoms with Gasteiger partial charge in [0.2, 0.25) is 5.91 Å². The molecule has 33 heavy (non-hydrogen) atoms. The number of hydrogen-bond acceptors (Lipinski definition) is 6. The zero-order valence-electron chi connectivity index (χ0n) is 19.6. The van der Waals surface area contributed by atoms with Crippen molar-refractivity contribution in [3.63, 3.8) is 0 Å². The van der Waals surface area contributed by atoms with Crippen LogP contribution in [-0.4, -0.2) is 45.7 Å². The minimum atomic E-state index is -0.182. The molecule has 8 nitrogen and oxygen atoms in total. The molecule has 8 heteroatoms. The number of ether oxygens (including phenoxy) is 1. The van der Waals surface area contributed by atoms with Crippen LogP contribution in [0, 0.1) is 17.2 Å². The topological polar surface area (TPSA) is 95.5 Å². The number of aromatic nitrogens is 3. The van der Waals surface area contributed by atoms with Crippen molar-refractivity contribution in [3.8, 4) is 22.9 Å². The predicted molar refractivity (Wildman–Crippen MR) is 127 cm³/mol. The second kappa shape index (κ2) is 9.10. The van der Waals surface area contributed by atoms with Gasteiger partial charge in [-0.3, -0.25) is 4.79 Å². The summed E-state index contributed by atoms with van der Waals surface area (Å²) in [5.74, 6) is 1.68. The molecule has 4 rings (SSSR count). The summed E-state index contributed by atoms with van der Waals surface area (Å²) >= 11 is 0. The zero-order valence-corrected chi connectivity index (χ0v) is 19.6. The number of amides is 1. The van der Waals surface area contributed by atoms with Gasteiger partial charge in [-0.15, -0.1) is 0 Å². The van der Waals surface area contributed by atoms with E-state index in [1.807, 2.05) is 45.2 Å². The van der Waals surface area contributed by atoms with Crippen LogP contribution in [-0.2, 0) is 4.79 Å². The first-order valence-corrected chi connectivity index (χ1v) is 11.4. The molecule has 172 valence electrons. The Bertz CT molecular complexity index is 1180. The Balaban J connectivity index is 1.55. The summed E-state index contributed by atoms with van der Waals surface area (Å²) in [5.41, 5.74) is 2.82. The van der Waals surface area contributed by atoms with Crippen molar-refractivity contribution in [2.24, 2.45) is 5.92 Å². The van der Waals surface area contributed by atoms with Crippen LogP contribution in [0.3, 0.4) is 0 Å². The van der Waals surface area contributed by atoms with Gasteiger partial charge in [0.25, 0.3) is 0 Å². The van der Waals surface area contributed by atoms with Crippen LogP contribution in [0.2, 0.25) is 0 Å². The van der Waals surface area contributed by atoms with Crippen molar-refractivity contribution in [1.82, 2.24) is 19.9 Å². The van der Waals surface area contributed by atoms with Gasteiger partial charge in [0.05, 0.1) is 30.1 Å². The predicted octanol–water partition coefficient (Wildman–Crippen LogP) is 3.80. The summed E-state index contributed by atoms with van der Waals surface area (Å²) in [6.45, 7) is 10.1. The molecule has 3 aromatic rings. The van der Waals surface area contributed by atoms with Crippen LogP contribution >= 0.6 is 0 Å². The minimum absolute atomic E-state index is 0.0147.